The molecule has 0 aliphatic heterocycles. The molecule has 4 heteroatoms. The Kier molecular flexibility index (Phi) is 4.69. The van der Waals surface area contributed by atoms with Crippen LogP contribution in [0.3, 0.4) is 0 Å². The average molecular weight is 282 g/mol. The van der Waals surface area contributed by atoms with Gasteiger partial charge in [0.1, 0.15) is 0 Å². The first-order valence-corrected chi connectivity index (χ1v) is 9.55. The lowest BCUT2D eigenvalue weighted by Gasteiger charge is -2.38. The lowest BCUT2D eigenvalue weighted by atomic mass is 10.2. The molecule has 0 bridgehead atoms. The molecule has 0 saturated heterocycles. The van der Waals surface area contributed by atoms with E-state index in [0.717, 1.165) is 11.3 Å². The average Bonchev–Trinajstić information content (AvgIpc) is 2.35. The highest BCUT2D eigenvalue weighted by atomic mass is 28.3. The summed E-state index contributed by atoms with van der Waals surface area (Å²) in [5.74, 6) is 1.41. The van der Waals surface area contributed by atoms with Gasteiger partial charge in [0.25, 0.3) is 0 Å². The van der Waals surface area contributed by atoms with Crippen LogP contribution >= 0.6 is 0 Å². The standard InChI is InChI=1S/C15H26O3Si/c1-15(2,3)19(6,7)14-9-13(18-5)12(17-4)8-11(14)10-16/h8-9,16H,10H2,1-7H3. The zero-order valence-corrected chi connectivity index (χ0v) is 14.1. The van der Waals surface area contributed by atoms with Crippen molar-refractivity contribution >= 4 is 13.3 Å². The summed E-state index contributed by atoms with van der Waals surface area (Å²) in [6, 6.07) is 3.94. The fraction of sp³-hybridized carbons (Fsp3) is 0.600. The molecular weight excluding hydrogens is 256 g/mol. The van der Waals surface area contributed by atoms with Crippen molar-refractivity contribution in [2.75, 3.05) is 14.2 Å². The molecule has 0 saturated carbocycles. The van der Waals surface area contributed by atoms with Crippen LogP contribution in [0.1, 0.15) is 26.3 Å². The van der Waals surface area contributed by atoms with Gasteiger partial charge in [-0.05, 0) is 27.9 Å². The van der Waals surface area contributed by atoms with E-state index in [2.05, 4.69) is 33.9 Å². The number of benzene rings is 1. The van der Waals surface area contributed by atoms with Gasteiger partial charge in [0.15, 0.2) is 11.5 Å². The van der Waals surface area contributed by atoms with Crippen LogP contribution in [0.15, 0.2) is 12.1 Å². The van der Waals surface area contributed by atoms with Crippen LogP contribution in [0.4, 0.5) is 0 Å². The molecule has 108 valence electrons. The van der Waals surface area contributed by atoms with Gasteiger partial charge in [0.2, 0.25) is 0 Å². The maximum atomic E-state index is 9.66. The summed E-state index contributed by atoms with van der Waals surface area (Å²) in [6.45, 7) is 11.5. The highest BCUT2D eigenvalue weighted by Gasteiger charge is 2.38. The summed E-state index contributed by atoms with van der Waals surface area (Å²) in [5.41, 5.74) is 0.948. The lowest BCUT2D eigenvalue weighted by molar-refractivity contribution is 0.281. The summed E-state index contributed by atoms with van der Waals surface area (Å²) in [6.07, 6.45) is 0. The monoisotopic (exact) mass is 282 g/mol. The fourth-order valence-corrected chi connectivity index (χ4v) is 4.29. The van der Waals surface area contributed by atoms with Gasteiger partial charge in [-0.3, -0.25) is 0 Å². The van der Waals surface area contributed by atoms with E-state index < -0.39 is 8.07 Å². The summed E-state index contributed by atoms with van der Waals surface area (Å²) in [4.78, 5) is 0. The molecule has 0 aliphatic rings. The minimum atomic E-state index is -1.73. The molecule has 0 atom stereocenters. The zero-order valence-electron chi connectivity index (χ0n) is 13.1. The minimum Gasteiger partial charge on any atom is -0.493 e. The van der Waals surface area contributed by atoms with Gasteiger partial charge >= 0.3 is 0 Å². The first kappa shape index (κ1) is 16.1. The maximum absolute atomic E-state index is 9.66. The number of methoxy groups -OCH3 is 2. The Labute approximate surface area is 117 Å². The lowest BCUT2D eigenvalue weighted by Crippen LogP contribution is -2.51. The van der Waals surface area contributed by atoms with E-state index in [9.17, 15) is 5.11 Å². The normalized spacial score (nSPS) is 12.4. The molecule has 0 heterocycles. The Hall–Kier alpha value is -1.00. The third-order valence-electron chi connectivity index (χ3n) is 4.33. The molecule has 3 nitrogen and oxygen atoms in total. The summed E-state index contributed by atoms with van der Waals surface area (Å²) in [5, 5.41) is 11.1. The topological polar surface area (TPSA) is 38.7 Å². The second kappa shape index (κ2) is 5.55. The van der Waals surface area contributed by atoms with Crippen molar-refractivity contribution < 1.29 is 14.6 Å². The van der Waals surface area contributed by atoms with Crippen LogP contribution in [-0.4, -0.2) is 27.4 Å². The molecule has 0 amide bonds. The number of rotatable bonds is 4. The van der Waals surface area contributed by atoms with Crippen LogP contribution in [0.2, 0.25) is 18.1 Å². The first-order valence-electron chi connectivity index (χ1n) is 6.55. The second-order valence-electron chi connectivity index (χ2n) is 6.40. The third kappa shape index (κ3) is 2.95. The van der Waals surface area contributed by atoms with E-state index in [-0.39, 0.29) is 11.6 Å². The van der Waals surface area contributed by atoms with Crippen molar-refractivity contribution in [2.45, 2.75) is 45.5 Å². The van der Waals surface area contributed by atoms with Gasteiger partial charge in [-0.25, -0.2) is 0 Å². The molecule has 0 spiro atoms. The molecule has 0 aliphatic carbocycles. The third-order valence-corrected chi connectivity index (χ3v) is 9.89. The van der Waals surface area contributed by atoms with Gasteiger partial charge in [-0.1, -0.05) is 33.9 Å². The summed E-state index contributed by atoms with van der Waals surface area (Å²) < 4.78 is 10.7. The highest BCUT2D eigenvalue weighted by molar-refractivity contribution is 6.92. The van der Waals surface area contributed by atoms with E-state index >= 15 is 0 Å². The van der Waals surface area contributed by atoms with E-state index in [0.29, 0.717) is 5.75 Å². The van der Waals surface area contributed by atoms with Crippen LogP contribution in [0, 0.1) is 0 Å². The predicted molar refractivity (Wildman–Crippen MR) is 82.3 cm³/mol. The van der Waals surface area contributed by atoms with Crippen molar-refractivity contribution in [3.8, 4) is 11.5 Å². The number of aliphatic hydroxyl groups is 1. The smallest absolute Gasteiger partial charge is 0.161 e. The SMILES string of the molecule is COc1cc(CO)c([Si](C)(C)C(C)(C)C)cc1OC. The number of ether oxygens (including phenoxy) is 2. The molecule has 0 unspecified atom stereocenters. The number of aliphatic hydroxyl groups excluding tert-OH is 1. The molecule has 0 radical (unpaired) electrons. The number of hydrogen-bond donors (Lipinski definition) is 1. The van der Waals surface area contributed by atoms with Crippen LogP contribution in [0.25, 0.3) is 0 Å². The van der Waals surface area contributed by atoms with Gasteiger partial charge in [-0.15, -0.1) is 0 Å². The Morgan fingerprint density at radius 1 is 1.05 bits per heavy atom. The van der Waals surface area contributed by atoms with Crippen molar-refractivity contribution in [3.63, 3.8) is 0 Å². The Bertz CT molecular complexity index is 447. The van der Waals surface area contributed by atoms with Crippen LogP contribution in [0.5, 0.6) is 11.5 Å². The summed E-state index contributed by atoms with van der Waals surface area (Å²) >= 11 is 0. The van der Waals surface area contributed by atoms with E-state index in [4.69, 9.17) is 9.47 Å². The molecule has 1 aromatic carbocycles. The van der Waals surface area contributed by atoms with Crippen LogP contribution in [-0.2, 0) is 6.61 Å². The van der Waals surface area contributed by atoms with Crippen LogP contribution < -0.4 is 14.7 Å². The molecule has 0 fully saturated rings. The molecule has 0 aromatic heterocycles. The Balaban J connectivity index is 3.50. The molecular formula is C15H26O3Si. The first-order chi connectivity index (χ1) is 8.68. The van der Waals surface area contributed by atoms with Crippen molar-refractivity contribution in [1.82, 2.24) is 0 Å². The maximum Gasteiger partial charge on any atom is 0.161 e. The van der Waals surface area contributed by atoms with E-state index in [1.807, 2.05) is 12.1 Å². The van der Waals surface area contributed by atoms with Gasteiger partial charge in [0, 0.05) is 0 Å². The summed E-state index contributed by atoms with van der Waals surface area (Å²) in [7, 11) is 1.54. The minimum absolute atomic E-state index is 0.0300. The number of hydrogen-bond acceptors (Lipinski definition) is 3. The molecule has 1 aromatic rings. The second-order valence-corrected chi connectivity index (χ2v) is 11.7. The van der Waals surface area contributed by atoms with Gasteiger partial charge in [-0.2, -0.15) is 0 Å². The largest absolute Gasteiger partial charge is 0.493 e. The quantitative estimate of drug-likeness (QED) is 0.863. The van der Waals surface area contributed by atoms with Crippen molar-refractivity contribution in [3.05, 3.63) is 17.7 Å². The van der Waals surface area contributed by atoms with Crippen molar-refractivity contribution in [1.29, 1.82) is 0 Å². The van der Waals surface area contributed by atoms with E-state index in [1.165, 1.54) is 5.19 Å². The van der Waals surface area contributed by atoms with Gasteiger partial charge < -0.3 is 14.6 Å². The molecule has 1 rings (SSSR count). The predicted octanol–water partition coefficient (Wildman–Crippen LogP) is 2.91. The van der Waals surface area contributed by atoms with Crippen molar-refractivity contribution in [2.24, 2.45) is 0 Å². The fourth-order valence-electron chi connectivity index (χ4n) is 2.04. The van der Waals surface area contributed by atoms with Gasteiger partial charge in [0.05, 0.1) is 28.9 Å². The van der Waals surface area contributed by atoms with E-state index in [1.54, 1.807) is 14.2 Å². The molecule has 1 N–H and O–H groups in total. The zero-order chi connectivity index (χ0) is 14.8. The Morgan fingerprint density at radius 3 is 1.89 bits per heavy atom. The Morgan fingerprint density at radius 2 is 1.53 bits per heavy atom. The highest BCUT2D eigenvalue weighted by Crippen LogP contribution is 2.38. The molecule has 19 heavy (non-hydrogen) atoms.